The van der Waals surface area contributed by atoms with E-state index in [9.17, 15) is 0 Å². The van der Waals surface area contributed by atoms with Crippen molar-refractivity contribution in [2.45, 2.75) is 65.7 Å². The Hall–Kier alpha value is -1.57. The summed E-state index contributed by atoms with van der Waals surface area (Å²) in [6, 6.07) is 6.60. The lowest BCUT2D eigenvalue weighted by atomic mass is 9.99. The molecule has 0 radical (unpaired) electrons. The molecule has 22 heavy (non-hydrogen) atoms. The minimum atomic E-state index is 0.959. The van der Waals surface area contributed by atoms with Crippen molar-refractivity contribution in [2.75, 3.05) is 11.9 Å². The average Bonchev–Trinajstić information content (AvgIpc) is 2.52. The van der Waals surface area contributed by atoms with Crippen LogP contribution in [0.15, 0.2) is 35.0 Å². The standard InChI is InChI=1S/C20H30N2/c1-4-6-15-21-18-13-7-8-14-19(18)22-20-16(3)11-9-12-17(20)10-5-2/h9,11-12,14,22H,4-8,10,13,15H2,1-3H3. The van der Waals surface area contributed by atoms with Crippen LogP contribution < -0.4 is 5.32 Å². The van der Waals surface area contributed by atoms with Gasteiger partial charge in [0.25, 0.3) is 0 Å². The van der Waals surface area contributed by atoms with E-state index in [0.29, 0.717) is 0 Å². The van der Waals surface area contributed by atoms with E-state index >= 15 is 0 Å². The molecule has 0 fully saturated rings. The second-order valence-corrected chi connectivity index (χ2v) is 6.18. The topological polar surface area (TPSA) is 24.4 Å². The third-order valence-electron chi connectivity index (χ3n) is 4.23. The fourth-order valence-electron chi connectivity index (χ4n) is 2.95. The molecule has 0 unspecified atom stereocenters. The summed E-state index contributed by atoms with van der Waals surface area (Å²) in [6.45, 7) is 7.61. The van der Waals surface area contributed by atoms with Crippen molar-refractivity contribution in [2.24, 2.45) is 4.99 Å². The summed E-state index contributed by atoms with van der Waals surface area (Å²) in [7, 11) is 0. The highest BCUT2D eigenvalue weighted by molar-refractivity contribution is 6.03. The van der Waals surface area contributed by atoms with Gasteiger partial charge < -0.3 is 5.32 Å². The zero-order valence-corrected chi connectivity index (χ0v) is 14.4. The molecule has 0 aromatic heterocycles. The first-order chi connectivity index (χ1) is 10.8. The maximum Gasteiger partial charge on any atom is 0.0579 e. The van der Waals surface area contributed by atoms with Crippen LogP contribution in [-0.2, 0) is 6.42 Å². The van der Waals surface area contributed by atoms with Crippen molar-refractivity contribution < 1.29 is 0 Å². The summed E-state index contributed by atoms with van der Waals surface area (Å²) in [5.41, 5.74) is 6.55. The summed E-state index contributed by atoms with van der Waals surface area (Å²) in [4.78, 5) is 4.84. The molecule has 2 nitrogen and oxygen atoms in total. The highest BCUT2D eigenvalue weighted by atomic mass is 14.9. The zero-order valence-electron chi connectivity index (χ0n) is 14.4. The molecule has 1 aromatic rings. The van der Waals surface area contributed by atoms with Crippen LogP contribution in [0.25, 0.3) is 0 Å². The molecule has 1 aromatic carbocycles. The van der Waals surface area contributed by atoms with Gasteiger partial charge in [0, 0.05) is 12.2 Å². The average molecular weight is 298 g/mol. The fraction of sp³-hybridized carbons (Fsp3) is 0.550. The predicted molar refractivity (Wildman–Crippen MR) is 97.9 cm³/mol. The van der Waals surface area contributed by atoms with Crippen LogP contribution in [0.1, 0.15) is 63.5 Å². The van der Waals surface area contributed by atoms with E-state index in [2.05, 4.69) is 50.4 Å². The quantitative estimate of drug-likeness (QED) is 0.644. The molecule has 0 saturated carbocycles. The van der Waals surface area contributed by atoms with E-state index in [0.717, 1.165) is 25.8 Å². The number of para-hydroxylation sites is 1. The molecule has 0 atom stereocenters. The number of aryl methyl sites for hydroxylation is 2. The Balaban J connectivity index is 2.20. The lowest BCUT2D eigenvalue weighted by molar-refractivity contribution is 0.795. The number of aliphatic imine (C=N–C) groups is 1. The number of hydrogen-bond acceptors (Lipinski definition) is 2. The summed E-state index contributed by atoms with van der Waals surface area (Å²) in [5.74, 6) is 0. The Morgan fingerprint density at radius 2 is 2.05 bits per heavy atom. The lowest BCUT2D eigenvalue weighted by Crippen LogP contribution is -2.17. The van der Waals surface area contributed by atoms with Gasteiger partial charge in [0.1, 0.15) is 0 Å². The van der Waals surface area contributed by atoms with Gasteiger partial charge in [-0.3, -0.25) is 4.99 Å². The highest BCUT2D eigenvalue weighted by Crippen LogP contribution is 2.26. The molecule has 0 amide bonds. The van der Waals surface area contributed by atoms with Crippen LogP contribution in [0, 0.1) is 6.92 Å². The predicted octanol–water partition coefficient (Wildman–Crippen LogP) is 5.67. The minimum absolute atomic E-state index is 0.959. The van der Waals surface area contributed by atoms with Crippen molar-refractivity contribution in [3.8, 4) is 0 Å². The minimum Gasteiger partial charge on any atom is -0.354 e. The van der Waals surface area contributed by atoms with Gasteiger partial charge in [-0.15, -0.1) is 0 Å². The molecule has 1 N–H and O–H groups in total. The number of anilines is 1. The molecule has 2 heteroatoms. The molecule has 0 saturated heterocycles. The Labute approximate surface area is 135 Å². The van der Waals surface area contributed by atoms with Gasteiger partial charge >= 0.3 is 0 Å². The Kier molecular flexibility index (Phi) is 6.70. The molecule has 0 spiro atoms. The summed E-state index contributed by atoms with van der Waals surface area (Å²) in [5, 5.41) is 3.71. The highest BCUT2D eigenvalue weighted by Gasteiger charge is 2.14. The Morgan fingerprint density at radius 3 is 2.82 bits per heavy atom. The fourth-order valence-corrected chi connectivity index (χ4v) is 2.95. The largest absolute Gasteiger partial charge is 0.354 e. The molecule has 0 aliphatic heterocycles. The van der Waals surface area contributed by atoms with Crippen molar-refractivity contribution in [1.29, 1.82) is 0 Å². The maximum atomic E-state index is 4.84. The first-order valence-electron chi connectivity index (χ1n) is 8.85. The Bertz CT molecular complexity index is 541. The second kappa shape index (κ2) is 8.77. The van der Waals surface area contributed by atoms with Gasteiger partial charge in [-0.05, 0) is 50.2 Å². The maximum absolute atomic E-state index is 4.84. The van der Waals surface area contributed by atoms with Gasteiger partial charge in [-0.1, -0.05) is 51.0 Å². The first-order valence-corrected chi connectivity index (χ1v) is 8.85. The van der Waals surface area contributed by atoms with E-state index in [1.165, 1.54) is 53.9 Å². The van der Waals surface area contributed by atoms with E-state index < -0.39 is 0 Å². The number of allylic oxidation sites excluding steroid dienone is 2. The summed E-state index contributed by atoms with van der Waals surface area (Å²) >= 11 is 0. The van der Waals surface area contributed by atoms with Crippen LogP contribution in [-0.4, -0.2) is 12.3 Å². The first kappa shape index (κ1) is 16.8. The molecule has 0 heterocycles. The number of hydrogen-bond donors (Lipinski definition) is 1. The number of benzene rings is 1. The van der Waals surface area contributed by atoms with Gasteiger partial charge in [-0.2, -0.15) is 0 Å². The lowest BCUT2D eigenvalue weighted by Gasteiger charge is -2.21. The Morgan fingerprint density at radius 1 is 1.18 bits per heavy atom. The molecule has 0 bridgehead atoms. The SMILES string of the molecule is CCCCN=C1CCCC=C1Nc1c(C)cccc1CCC. The monoisotopic (exact) mass is 298 g/mol. The van der Waals surface area contributed by atoms with Crippen LogP contribution in [0.2, 0.25) is 0 Å². The number of nitrogens with one attached hydrogen (secondary N) is 1. The van der Waals surface area contributed by atoms with Crippen molar-refractivity contribution in [1.82, 2.24) is 0 Å². The van der Waals surface area contributed by atoms with Crippen molar-refractivity contribution in [3.05, 3.63) is 41.1 Å². The van der Waals surface area contributed by atoms with Crippen LogP contribution in [0.5, 0.6) is 0 Å². The number of rotatable bonds is 7. The molecule has 120 valence electrons. The van der Waals surface area contributed by atoms with Gasteiger partial charge in [-0.25, -0.2) is 0 Å². The van der Waals surface area contributed by atoms with Gasteiger partial charge in [0.15, 0.2) is 0 Å². The van der Waals surface area contributed by atoms with Crippen LogP contribution in [0.3, 0.4) is 0 Å². The molecule has 1 aliphatic carbocycles. The number of unbranched alkanes of at least 4 members (excludes halogenated alkanes) is 1. The van der Waals surface area contributed by atoms with E-state index in [4.69, 9.17) is 4.99 Å². The van der Waals surface area contributed by atoms with E-state index in [1.807, 2.05) is 0 Å². The summed E-state index contributed by atoms with van der Waals surface area (Å²) in [6.07, 6.45) is 10.5. The molecular weight excluding hydrogens is 268 g/mol. The van der Waals surface area contributed by atoms with Gasteiger partial charge in [0.05, 0.1) is 11.4 Å². The van der Waals surface area contributed by atoms with Crippen LogP contribution >= 0.6 is 0 Å². The summed E-state index contributed by atoms with van der Waals surface area (Å²) < 4.78 is 0. The van der Waals surface area contributed by atoms with E-state index in [-0.39, 0.29) is 0 Å². The van der Waals surface area contributed by atoms with Crippen LogP contribution in [0.4, 0.5) is 5.69 Å². The van der Waals surface area contributed by atoms with Crippen molar-refractivity contribution >= 4 is 11.4 Å². The third-order valence-corrected chi connectivity index (χ3v) is 4.23. The molecule has 1 aliphatic rings. The second-order valence-electron chi connectivity index (χ2n) is 6.18. The number of nitrogens with zero attached hydrogens (tertiary/aromatic N) is 1. The smallest absolute Gasteiger partial charge is 0.0579 e. The molecular formula is C20H30N2. The normalized spacial score (nSPS) is 16.7. The zero-order chi connectivity index (χ0) is 15.8. The molecule has 2 rings (SSSR count). The third kappa shape index (κ3) is 4.46. The van der Waals surface area contributed by atoms with E-state index in [1.54, 1.807) is 0 Å². The van der Waals surface area contributed by atoms with Gasteiger partial charge in [0.2, 0.25) is 0 Å². The van der Waals surface area contributed by atoms with Crippen molar-refractivity contribution in [3.63, 3.8) is 0 Å².